The minimum Gasteiger partial charge on any atom is -0.466 e. The number of hydrogen-bond donors (Lipinski definition) is 0. The fourth-order valence-electron chi connectivity index (χ4n) is 2.04. The van der Waals surface area contributed by atoms with Gasteiger partial charge in [0.05, 0.1) is 12.4 Å². The molecular weight excluding hydrogens is 212 g/mol. The van der Waals surface area contributed by atoms with Crippen LogP contribution in [-0.4, -0.2) is 18.6 Å². The number of hydrogen-bond acceptors (Lipinski definition) is 2. The Kier molecular flexibility index (Phi) is 3.49. The highest BCUT2D eigenvalue weighted by atomic mass is 35.5. The summed E-state index contributed by atoms with van der Waals surface area (Å²) in [5, 5.41) is 0. The third-order valence-corrected chi connectivity index (χ3v) is 3.00. The SMILES string of the molecule is C=COC1=C2CC(=C1)C(OCCCCl)C2. The maximum absolute atomic E-state index is 5.74. The molecule has 0 radical (unpaired) electrons. The molecule has 1 saturated carbocycles. The van der Waals surface area contributed by atoms with Gasteiger partial charge in [0.15, 0.2) is 0 Å². The van der Waals surface area contributed by atoms with Gasteiger partial charge < -0.3 is 9.47 Å². The van der Waals surface area contributed by atoms with Crippen molar-refractivity contribution in [3.8, 4) is 0 Å². The van der Waals surface area contributed by atoms with E-state index in [1.54, 1.807) is 0 Å². The largest absolute Gasteiger partial charge is 0.466 e. The lowest BCUT2D eigenvalue weighted by Gasteiger charge is -2.15. The molecule has 2 rings (SSSR count). The Hall–Kier alpha value is -0.730. The van der Waals surface area contributed by atoms with Gasteiger partial charge in [0.25, 0.3) is 0 Å². The zero-order valence-electron chi connectivity index (χ0n) is 8.67. The summed E-state index contributed by atoms with van der Waals surface area (Å²) in [6.07, 6.45) is 6.71. The number of halogens is 1. The Bertz CT molecular complexity index is 318. The van der Waals surface area contributed by atoms with Gasteiger partial charge in [0.1, 0.15) is 5.76 Å². The van der Waals surface area contributed by atoms with Gasteiger partial charge in [-0.05, 0) is 30.1 Å². The van der Waals surface area contributed by atoms with Gasteiger partial charge in [-0.3, -0.25) is 0 Å². The van der Waals surface area contributed by atoms with Gasteiger partial charge in [-0.15, -0.1) is 11.6 Å². The number of rotatable bonds is 6. The Morgan fingerprint density at radius 1 is 1.60 bits per heavy atom. The molecule has 15 heavy (non-hydrogen) atoms. The minimum absolute atomic E-state index is 0.264. The molecule has 1 atom stereocenters. The second kappa shape index (κ2) is 4.86. The van der Waals surface area contributed by atoms with E-state index < -0.39 is 0 Å². The van der Waals surface area contributed by atoms with Crippen molar-refractivity contribution in [3.63, 3.8) is 0 Å². The summed E-state index contributed by atoms with van der Waals surface area (Å²) in [5.41, 5.74) is 2.66. The van der Waals surface area contributed by atoms with Crippen molar-refractivity contribution in [3.05, 3.63) is 35.8 Å². The van der Waals surface area contributed by atoms with Crippen LogP contribution in [0.5, 0.6) is 0 Å². The van der Waals surface area contributed by atoms with Crippen LogP contribution in [0.15, 0.2) is 35.8 Å². The number of alkyl halides is 1. The van der Waals surface area contributed by atoms with E-state index in [9.17, 15) is 0 Å². The molecule has 0 N–H and O–H groups in total. The molecule has 0 spiro atoms. The third kappa shape index (κ3) is 2.27. The summed E-state index contributed by atoms with van der Waals surface area (Å²) in [5.74, 6) is 1.64. The molecular formula is C12H15ClO2. The van der Waals surface area contributed by atoms with Crippen LogP contribution in [0.2, 0.25) is 0 Å². The maximum Gasteiger partial charge on any atom is 0.126 e. The predicted molar refractivity (Wildman–Crippen MR) is 60.7 cm³/mol. The molecule has 0 aliphatic heterocycles. The molecule has 1 unspecified atom stereocenters. The van der Waals surface area contributed by atoms with Crippen molar-refractivity contribution in [2.75, 3.05) is 12.5 Å². The third-order valence-electron chi connectivity index (χ3n) is 2.74. The molecule has 0 amide bonds. The Labute approximate surface area is 95.2 Å². The summed E-state index contributed by atoms with van der Waals surface area (Å²) >= 11 is 5.60. The first-order valence-corrected chi connectivity index (χ1v) is 5.76. The predicted octanol–water partition coefficient (Wildman–Crippen LogP) is 3.15. The molecule has 0 aromatic rings. The fraction of sp³-hybridized carbons (Fsp3) is 0.500. The first kappa shape index (κ1) is 10.8. The minimum atomic E-state index is 0.264. The molecule has 82 valence electrons. The standard InChI is InChI=1S/C12H15ClO2/c1-2-14-11-7-10-6-9(11)8-12(10)15-5-3-4-13/h2,7,12H,1,3-6,8H2. The van der Waals surface area contributed by atoms with E-state index in [2.05, 4.69) is 12.7 Å². The van der Waals surface area contributed by atoms with Crippen molar-refractivity contribution in [1.82, 2.24) is 0 Å². The number of fused-ring (bicyclic) bond motifs is 2. The lowest BCUT2D eigenvalue weighted by molar-refractivity contribution is 0.0838. The second-order valence-electron chi connectivity index (χ2n) is 3.75. The topological polar surface area (TPSA) is 18.5 Å². The van der Waals surface area contributed by atoms with Gasteiger partial charge in [0, 0.05) is 18.9 Å². The monoisotopic (exact) mass is 226 g/mol. The van der Waals surface area contributed by atoms with Gasteiger partial charge in [-0.1, -0.05) is 6.58 Å². The summed E-state index contributed by atoms with van der Waals surface area (Å²) in [7, 11) is 0. The fourth-order valence-corrected chi connectivity index (χ4v) is 2.15. The quantitative estimate of drug-likeness (QED) is 0.394. The van der Waals surface area contributed by atoms with Crippen molar-refractivity contribution >= 4 is 11.6 Å². The van der Waals surface area contributed by atoms with Crippen molar-refractivity contribution in [2.24, 2.45) is 0 Å². The van der Waals surface area contributed by atoms with Crippen LogP contribution in [-0.2, 0) is 9.47 Å². The van der Waals surface area contributed by atoms with E-state index in [4.69, 9.17) is 21.1 Å². The van der Waals surface area contributed by atoms with Crippen LogP contribution in [0, 0.1) is 0 Å². The van der Waals surface area contributed by atoms with E-state index in [0.717, 1.165) is 31.6 Å². The highest BCUT2D eigenvalue weighted by molar-refractivity contribution is 6.17. The summed E-state index contributed by atoms with van der Waals surface area (Å²) in [4.78, 5) is 0. The van der Waals surface area contributed by atoms with Crippen molar-refractivity contribution < 1.29 is 9.47 Å². The molecule has 2 nitrogen and oxygen atoms in total. The second-order valence-corrected chi connectivity index (χ2v) is 4.13. The van der Waals surface area contributed by atoms with Gasteiger partial charge in [-0.25, -0.2) is 0 Å². The van der Waals surface area contributed by atoms with E-state index in [1.807, 2.05) is 0 Å². The first-order chi connectivity index (χ1) is 7.35. The lowest BCUT2D eigenvalue weighted by atomic mass is 10.1. The number of ether oxygens (including phenoxy) is 2. The van der Waals surface area contributed by atoms with E-state index in [0.29, 0.717) is 5.88 Å². The zero-order valence-corrected chi connectivity index (χ0v) is 9.43. The molecule has 0 saturated heterocycles. The van der Waals surface area contributed by atoms with E-state index >= 15 is 0 Å². The molecule has 2 bridgehead atoms. The summed E-state index contributed by atoms with van der Waals surface area (Å²) in [6, 6.07) is 0. The van der Waals surface area contributed by atoms with Crippen LogP contribution in [0.4, 0.5) is 0 Å². The molecule has 0 aromatic heterocycles. The smallest absolute Gasteiger partial charge is 0.126 e. The molecule has 2 aliphatic carbocycles. The molecule has 1 fully saturated rings. The van der Waals surface area contributed by atoms with Crippen molar-refractivity contribution in [1.29, 1.82) is 0 Å². The van der Waals surface area contributed by atoms with Crippen LogP contribution >= 0.6 is 11.6 Å². The molecule has 0 aromatic carbocycles. The Balaban J connectivity index is 1.86. The average molecular weight is 227 g/mol. The van der Waals surface area contributed by atoms with Gasteiger partial charge >= 0.3 is 0 Å². The van der Waals surface area contributed by atoms with E-state index in [1.165, 1.54) is 17.4 Å². The zero-order chi connectivity index (χ0) is 10.7. The Morgan fingerprint density at radius 2 is 2.47 bits per heavy atom. The highest BCUT2D eigenvalue weighted by Gasteiger charge is 2.32. The van der Waals surface area contributed by atoms with E-state index in [-0.39, 0.29) is 6.10 Å². The number of allylic oxidation sites excluding steroid dienone is 1. The average Bonchev–Trinajstić information content (AvgIpc) is 2.78. The van der Waals surface area contributed by atoms with Crippen molar-refractivity contribution in [2.45, 2.75) is 25.4 Å². The van der Waals surface area contributed by atoms with Crippen LogP contribution in [0.25, 0.3) is 0 Å². The molecule has 3 heteroatoms. The van der Waals surface area contributed by atoms with Crippen LogP contribution in [0.1, 0.15) is 19.3 Å². The highest BCUT2D eigenvalue weighted by Crippen LogP contribution is 2.41. The lowest BCUT2D eigenvalue weighted by Crippen LogP contribution is -2.13. The van der Waals surface area contributed by atoms with Gasteiger partial charge in [-0.2, -0.15) is 0 Å². The van der Waals surface area contributed by atoms with Gasteiger partial charge in [0.2, 0.25) is 0 Å². The first-order valence-electron chi connectivity index (χ1n) is 5.22. The molecule has 0 heterocycles. The van der Waals surface area contributed by atoms with Crippen LogP contribution in [0.3, 0.4) is 0 Å². The summed E-state index contributed by atoms with van der Waals surface area (Å²) < 4.78 is 11.0. The molecule has 2 aliphatic rings. The van der Waals surface area contributed by atoms with Crippen LogP contribution < -0.4 is 0 Å². The Morgan fingerprint density at radius 3 is 3.07 bits per heavy atom. The maximum atomic E-state index is 5.74. The summed E-state index contributed by atoms with van der Waals surface area (Å²) in [6.45, 7) is 4.30. The normalized spacial score (nSPS) is 23.3.